The maximum Gasteiger partial charge on any atom is 0.224 e. The lowest BCUT2D eigenvalue weighted by atomic mass is 10.1. The molecule has 2 rings (SSSR count). The first-order valence-corrected chi connectivity index (χ1v) is 7.53. The summed E-state index contributed by atoms with van der Waals surface area (Å²) in [7, 11) is 1.73. The topological polar surface area (TPSA) is 41.6 Å². The van der Waals surface area contributed by atoms with Crippen LogP contribution < -0.4 is 5.32 Å². The van der Waals surface area contributed by atoms with E-state index in [0.29, 0.717) is 24.3 Å². The predicted molar refractivity (Wildman–Crippen MR) is 70.3 cm³/mol. The van der Waals surface area contributed by atoms with Crippen LogP contribution in [-0.2, 0) is 9.53 Å². The molecule has 0 aliphatic carbocycles. The molecule has 1 amide bonds. The minimum Gasteiger partial charge on any atom is -0.384 e. The van der Waals surface area contributed by atoms with Gasteiger partial charge in [-0.3, -0.25) is 4.79 Å². The van der Waals surface area contributed by atoms with Gasteiger partial charge in [0, 0.05) is 56.6 Å². The lowest BCUT2D eigenvalue weighted by molar-refractivity contribution is -0.130. The molecule has 0 radical (unpaired) electrons. The number of nitrogens with one attached hydrogen (secondary N) is 1. The molecule has 4 nitrogen and oxygen atoms in total. The Morgan fingerprint density at radius 3 is 3.18 bits per heavy atom. The largest absolute Gasteiger partial charge is 0.384 e. The number of rotatable bonds is 4. The molecule has 2 aliphatic heterocycles. The number of methoxy groups -OCH3 is 1. The first kappa shape index (κ1) is 13.2. The molecule has 2 aliphatic rings. The van der Waals surface area contributed by atoms with Crippen molar-refractivity contribution >= 4 is 17.7 Å². The average molecular weight is 258 g/mol. The summed E-state index contributed by atoms with van der Waals surface area (Å²) in [6, 6.07) is 0.378. The van der Waals surface area contributed by atoms with Crippen molar-refractivity contribution < 1.29 is 9.53 Å². The zero-order valence-corrected chi connectivity index (χ0v) is 11.3. The summed E-state index contributed by atoms with van der Waals surface area (Å²) in [5, 5.41) is 3.42. The Bertz CT molecular complexity index is 257. The molecule has 0 spiro atoms. The summed E-state index contributed by atoms with van der Waals surface area (Å²) in [4.78, 5) is 14.1. The monoisotopic (exact) mass is 258 g/mol. The Hall–Kier alpha value is -0.260. The molecule has 0 bridgehead atoms. The van der Waals surface area contributed by atoms with Gasteiger partial charge in [-0.25, -0.2) is 0 Å². The minimum absolute atomic E-state index is 0.309. The normalized spacial score (nSPS) is 29.6. The van der Waals surface area contributed by atoms with Crippen LogP contribution in [0.1, 0.15) is 12.8 Å². The summed E-state index contributed by atoms with van der Waals surface area (Å²) < 4.78 is 5.15. The second-order valence-electron chi connectivity index (χ2n) is 4.88. The van der Waals surface area contributed by atoms with Crippen LogP contribution in [0.2, 0.25) is 0 Å². The molecule has 5 heteroatoms. The summed E-state index contributed by atoms with van der Waals surface area (Å²) in [6.07, 6.45) is 1.75. The molecule has 0 aromatic heterocycles. The standard InChI is InChI=1S/C12H22N2O2S/c1-16-8-10-2-4-14(7-10)12(15)6-11-9-17-5-3-13-11/h10-11,13H,2-9H2,1H3. The Morgan fingerprint density at radius 2 is 2.47 bits per heavy atom. The van der Waals surface area contributed by atoms with E-state index in [4.69, 9.17) is 4.74 Å². The number of hydrogen-bond acceptors (Lipinski definition) is 4. The second kappa shape index (κ2) is 6.61. The molecule has 0 aromatic rings. The van der Waals surface area contributed by atoms with Crippen LogP contribution in [0.4, 0.5) is 0 Å². The van der Waals surface area contributed by atoms with Crippen LogP contribution in [0.5, 0.6) is 0 Å². The molecule has 2 fully saturated rings. The third kappa shape index (κ3) is 3.86. The van der Waals surface area contributed by atoms with E-state index in [1.165, 1.54) is 5.75 Å². The van der Waals surface area contributed by atoms with Crippen LogP contribution in [0.15, 0.2) is 0 Å². The van der Waals surface area contributed by atoms with E-state index in [0.717, 1.165) is 38.4 Å². The van der Waals surface area contributed by atoms with Crippen molar-refractivity contribution in [1.82, 2.24) is 10.2 Å². The van der Waals surface area contributed by atoms with Gasteiger partial charge in [0.1, 0.15) is 0 Å². The van der Waals surface area contributed by atoms with Gasteiger partial charge in [-0.15, -0.1) is 0 Å². The third-order valence-electron chi connectivity index (χ3n) is 3.46. The fourth-order valence-corrected chi connectivity index (χ4v) is 3.47. The SMILES string of the molecule is COCC1CCN(C(=O)CC2CSCCN2)C1. The molecule has 0 saturated carbocycles. The van der Waals surface area contributed by atoms with E-state index in [1.54, 1.807) is 7.11 Å². The quantitative estimate of drug-likeness (QED) is 0.801. The van der Waals surface area contributed by atoms with Gasteiger partial charge in [0.05, 0.1) is 6.61 Å². The van der Waals surface area contributed by atoms with E-state index in [1.807, 2.05) is 16.7 Å². The maximum atomic E-state index is 12.1. The number of carbonyl (C=O) groups is 1. The highest BCUT2D eigenvalue weighted by atomic mass is 32.2. The molecule has 1 N–H and O–H groups in total. The highest BCUT2D eigenvalue weighted by molar-refractivity contribution is 7.99. The van der Waals surface area contributed by atoms with Gasteiger partial charge in [-0.1, -0.05) is 0 Å². The first-order valence-electron chi connectivity index (χ1n) is 6.37. The number of likely N-dealkylation sites (tertiary alicyclic amines) is 1. The Labute approximate surface area is 107 Å². The number of ether oxygens (including phenoxy) is 1. The van der Waals surface area contributed by atoms with Crippen molar-refractivity contribution in [1.29, 1.82) is 0 Å². The average Bonchev–Trinajstić information content (AvgIpc) is 2.79. The fourth-order valence-electron chi connectivity index (χ4n) is 2.52. The Kier molecular flexibility index (Phi) is 5.13. The van der Waals surface area contributed by atoms with Crippen molar-refractivity contribution in [3.8, 4) is 0 Å². The highest BCUT2D eigenvalue weighted by Gasteiger charge is 2.27. The van der Waals surface area contributed by atoms with E-state index in [2.05, 4.69) is 5.32 Å². The minimum atomic E-state index is 0.309. The zero-order valence-electron chi connectivity index (χ0n) is 10.5. The second-order valence-corrected chi connectivity index (χ2v) is 6.03. The van der Waals surface area contributed by atoms with Crippen molar-refractivity contribution in [3.63, 3.8) is 0 Å². The van der Waals surface area contributed by atoms with Crippen molar-refractivity contribution in [2.75, 3.05) is 44.9 Å². The van der Waals surface area contributed by atoms with Crippen LogP contribution >= 0.6 is 11.8 Å². The smallest absolute Gasteiger partial charge is 0.224 e. The van der Waals surface area contributed by atoms with Crippen molar-refractivity contribution in [2.45, 2.75) is 18.9 Å². The van der Waals surface area contributed by atoms with Crippen LogP contribution in [0.3, 0.4) is 0 Å². The molecule has 2 unspecified atom stereocenters. The number of amides is 1. The number of thioether (sulfide) groups is 1. The summed E-state index contributed by atoms with van der Waals surface area (Å²) >= 11 is 1.94. The lowest BCUT2D eigenvalue weighted by Crippen LogP contribution is -2.42. The van der Waals surface area contributed by atoms with E-state index < -0.39 is 0 Å². The molecule has 98 valence electrons. The van der Waals surface area contributed by atoms with Gasteiger partial charge in [0.25, 0.3) is 0 Å². The van der Waals surface area contributed by atoms with Gasteiger partial charge in [0.2, 0.25) is 5.91 Å². The van der Waals surface area contributed by atoms with Crippen LogP contribution in [0.25, 0.3) is 0 Å². The van der Waals surface area contributed by atoms with Gasteiger partial charge < -0.3 is 15.0 Å². The van der Waals surface area contributed by atoms with Crippen molar-refractivity contribution in [2.24, 2.45) is 5.92 Å². The van der Waals surface area contributed by atoms with Gasteiger partial charge in [-0.2, -0.15) is 11.8 Å². The van der Waals surface area contributed by atoms with Gasteiger partial charge >= 0.3 is 0 Å². The first-order chi connectivity index (χ1) is 8.29. The Morgan fingerprint density at radius 1 is 1.59 bits per heavy atom. The summed E-state index contributed by atoms with van der Waals surface area (Å²) in [6.45, 7) is 3.61. The fraction of sp³-hybridized carbons (Fsp3) is 0.917. The van der Waals surface area contributed by atoms with E-state index in [9.17, 15) is 4.79 Å². The summed E-state index contributed by atoms with van der Waals surface area (Å²) in [5.41, 5.74) is 0. The van der Waals surface area contributed by atoms with Crippen LogP contribution in [0, 0.1) is 5.92 Å². The highest BCUT2D eigenvalue weighted by Crippen LogP contribution is 2.19. The maximum absolute atomic E-state index is 12.1. The molecule has 17 heavy (non-hydrogen) atoms. The molecule has 2 saturated heterocycles. The third-order valence-corrected chi connectivity index (χ3v) is 4.59. The predicted octanol–water partition coefficient (Wildman–Crippen LogP) is 0.576. The number of nitrogens with zero attached hydrogens (tertiary/aromatic N) is 1. The van der Waals surface area contributed by atoms with E-state index in [-0.39, 0.29) is 0 Å². The molecule has 2 atom stereocenters. The molecule has 0 aromatic carbocycles. The zero-order chi connectivity index (χ0) is 12.1. The molecular weight excluding hydrogens is 236 g/mol. The van der Waals surface area contributed by atoms with Crippen molar-refractivity contribution in [3.05, 3.63) is 0 Å². The van der Waals surface area contributed by atoms with Crippen LogP contribution in [-0.4, -0.2) is 61.7 Å². The van der Waals surface area contributed by atoms with E-state index >= 15 is 0 Å². The summed E-state index contributed by atoms with van der Waals surface area (Å²) in [5.74, 6) is 3.09. The van der Waals surface area contributed by atoms with Gasteiger partial charge in [0.15, 0.2) is 0 Å². The number of carbonyl (C=O) groups excluding carboxylic acids is 1. The Balaban J connectivity index is 1.72. The van der Waals surface area contributed by atoms with Gasteiger partial charge in [-0.05, 0) is 6.42 Å². The lowest BCUT2D eigenvalue weighted by Gasteiger charge is -2.25. The molecular formula is C12H22N2O2S. The molecule has 2 heterocycles. The number of hydrogen-bond donors (Lipinski definition) is 1.